The number of sulfone groups is 1. The van der Waals surface area contributed by atoms with E-state index in [0.29, 0.717) is 61.2 Å². The minimum absolute atomic E-state index is 0.000648. The average molecular weight is 1980 g/mol. The highest BCUT2D eigenvalue weighted by Crippen LogP contribution is 2.50. The number of hydrogen-bond donors (Lipinski definition) is 0. The number of fused-ring (bicyclic) bond motifs is 10. The van der Waals surface area contributed by atoms with Crippen LogP contribution < -0.4 is 44.1 Å². The first kappa shape index (κ1) is 98.6. The number of ether oxygens (including phenoxy) is 5. The summed E-state index contributed by atoms with van der Waals surface area (Å²) in [5.41, 5.74) is 2.19. The van der Waals surface area contributed by atoms with Crippen molar-refractivity contribution in [2.45, 2.75) is 119 Å². The highest BCUT2D eigenvalue weighted by molar-refractivity contribution is 8.01. The number of aliphatic carboxylic acids is 4. The lowest BCUT2D eigenvalue weighted by Gasteiger charge is -2.26. The molecule has 5 aliphatic rings. The fourth-order valence-corrected chi connectivity index (χ4v) is 28.5. The third-order valence-corrected chi connectivity index (χ3v) is 35.7. The third kappa shape index (κ3) is 24.6. The Labute approximate surface area is 823 Å². The first-order valence-electron chi connectivity index (χ1n) is 45.1. The van der Waals surface area contributed by atoms with Crippen LogP contribution in [0, 0.1) is 23.3 Å². The molecule has 18 aromatic rings. The Hall–Kier alpha value is -14.4. The smallest absolute Gasteiger partial charge is 0.187 e. The van der Waals surface area contributed by atoms with Gasteiger partial charge in [-0.3, -0.25) is 0 Å². The molecule has 1 fully saturated rings. The van der Waals surface area contributed by atoms with Gasteiger partial charge in [0.2, 0.25) is 0 Å². The van der Waals surface area contributed by atoms with Crippen LogP contribution in [0.3, 0.4) is 0 Å². The first-order chi connectivity index (χ1) is 68.2. The molecule has 6 heterocycles. The quantitative estimate of drug-likeness (QED) is 0.0726. The van der Waals surface area contributed by atoms with Crippen LogP contribution in [0.2, 0.25) is 0 Å². The molecular formula is C115H92F4O15S6. The van der Waals surface area contributed by atoms with Crippen LogP contribution in [-0.2, 0) is 63.6 Å². The first-order valence-corrected chi connectivity index (χ1v) is 52.5. The average Bonchev–Trinajstić information content (AvgIpc) is 1.60. The molecule has 0 N–H and O–H groups in total. The van der Waals surface area contributed by atoms with E-state index in [9.17, 15) is 65.6 Å². The Kier molecular flexibility index (Phi) is 33.3. The number of carbonyl (C=O) groups is 4. The van der Waals surface area contributed by atoms with E-state index in [1.54, 1.807) is 84.9 Å². The molecule has 140 heavy (non-hydrogen) atoms. The van der Waals surface area contributed by atoms with Gasteiger partial charge in [-0.05, 0) is 213 Å². The Bertz CT molecular complexity index is 6860. The lowest BCUT2D eigenvalue weighted by molar-refractivity contribution is -0.316. The number of hydrogen-bond acceptors (Lipinski definition) is 16. The van der Waals surface area contributed by atoms with E-state index >= 15 is 0 Å². The van der Waals surface area contributed by atoms with E-state index in [0.717, 1.165) is 71.6 Å². The molecule has 25 heteroatoms. The van der Waals surface area contributed by atoms with Crippen molar-refractivity contribution < 1.29 is 89.3 Å². The highest BCUT2D eigenvalue weighted by Gasteiger charge is 2.36. The van der Waals surface area contributed by atoms with Crippen molar-refractivity contribution in [3.63, 3.8) is 0 Å². The van der Waals surface area contributed by atoms with Gasteiger partial charge in [0.05, 0.1) is 61.1 Å². The van der Waals surface area contributed by atoms with E-state index in [1.165, 1.54) is 96.0 Å². The summed E-state index contributed by atoms with van der Waals surface area (Å²) >= 11 is 1.38. The summed E-state index contributed by atoms with van der Waals surface area (Å²) in [4.78, 5) is 51.3. The predicted octanol–water partition coefficient (Wildman–Crippen LogP) is 22.4. The molecule has 706 valence electrons. The lowest BCUT2D eigenvalue weighted by atomic mass is 10.0. The monoisotopic (exact) mass is 1980 g/mol. The maximum absolute atomic E-state index is 13.6. The van der Waals surface area contributed by atoms with E-state index in [1.807, 2.05) is 78.9 Å². The van der Waals surface area contributed by atoms with E-state index in [2.05, 4.69) is 206 Å². The van der Waals surface area contributed by atoms with Crippen molar-refractivity contribution in [2.24, 2.45) is 0 Å². The van der Waals surface area contributed by atoms with Crippen LogP contribution in [0.1, 0.15) is 49.7 Å². The SMILES string of the molecule is Fc1cc(F)cc([S+](c2ccccc2)c2cc(F)cc(F)c2)c1.O=C([O-])C1CCc2ccccc2O1.O=C([O-])C1COc2ccccc2O1.O=C([O-])C1COc2ccccc2O1.O=C([O-])C1Cc2ccccc2S1.O=S(=O)(c1ccc([S+](c2ccccc2)c2ccccc2)cc1)C1CCCCC1.c1ccc(-[s+]2c3ccccc3c3ccccc32)cc1.c1ccc(-[s+]2c3ccccc3c3ccccc32)cc1. The van der Waals surface area contributed by atoms with Gasteiger partial charge in [0.25, 0.3) is 0 Å². The molecule has 1 saturated carbocycles. The lowest BCUT2D eigenvalue weighted by Crippen LogP contribution is -2.45. The van der Waals surface area contributed by atoms with Crippen molar-refractivity contribution in [1.82, 2.24) is 0 Å². The second-order valence-corrected chi connectivity index (χ2v) is 43.9. The van der Waals surface area contributed by atoms with Gasteiger partial charge in [0, 0.05) is 83.8 Å². The maximum Gasteiger partial charge on any atom is 0.187 e. The summed E-state index contributed by atoms with van der Waals surface area (Å²) in [6, 6.07) is 129. The van der Waals surface area contributed by atoms with Crippen LogP contribution in [0.25, 0.3) is 50.1 Å². The molecule has 4 unspecified atom stereocenters. The zero-order valence-electron chi connectivity index (χ0n) is 75.2. The molecule has 4 aliphatic heterocycles. The zero-order valence-corrected chi connectivity index (χ0v) is 80.1. The second kappa shape index (κ2) is 47.3. The molecule has 15 nitrogen and oxygen atoms in total. The largest absolute Gasteiger partial charge is 0.549 e. The molecular weight excluding hydrogens is 1890 g/mol. The minimum Gasteiger partial charge on any atom is -0.549 e. The zero-order chi connectivity index (χ0) is 97.4. The summed E-state index contributed by atoms with van der Waals surface area (Å²) in [6.45, 7) is -0.00130. The predicted molar refractivity (Wildman–Crippen MR) is 539 cm³/mol. The minimum atomic E-state index is -3.23. The summed E-state index contributed by atoms with van der Waals surface area (Å²) < 4.78 is 112. The molecule has 0 radical (unpaired) electrons. The molecule has 23 rings (SSSR count). The molecule has 0 spiro atoms. The van der Waals surface area contributed by atoms with Crippen LogP contribution in [-0.4, -0.2) is 74.3 Å². The van der Waals surface area contributed by atoms with Gasteiger partial charge in [0.1, 0.15) is 48.3 Å². The van der Waals surface area contributed by atoms with E-state index in [-0.39, 0.29) is 55.5 Å². The molecule has 2 aromatic heterocycles. The van der Waals surface area contributed by atoms with E-state index in [4.69, 9.17) is 23.7 Å². The number of carboxylic acids is 4. The topological polar surface area (TPSA) is 241 Å². The molecule has 0 bridgehead atoms. The molecule has 0 amide bonds. The van der Waals surface area contributed by atoms with Gasteiger partial charge < -0.3 is 63.3 Å². The number of thioether (sulfide) groups is 1. The van der Waals surface area contributed by atoms with Gasteiger partial charge in [-0.15, -0.1) is 11.8 Å². The number of halogens is 4. The molecule has 1 aliphatic carbocycles. The fourth-order valence-electron chi connectivity index (χ4n) is 16.5. The highest BCUT2D eigenvalue weighted by atomic mass is 32.2. The summed E-state index contributed by atoms with van der Waals surface area (Å²) in [6.07, 6.45) is 3.84. The van der Waals surface area contributed by atoms with Gasteiger partial charge in [0.15, 0.2) is 103 Å². The second-order valence-electron chi connectivity index (χ2n) is 32.4. The normalized spacial score (nSPS) is 15.2. The van der Waals surface area contributed by atoms with Crippen LogP contribution >= 0.6 is 32.7 Å². The number of carbonyl (C=O) groups excluding carboxylic acids is 4. The van der Waals surface area contributed by atoms with Crippen molar-refractivity contribution in [1.29, 1.82) is 0 Å². The molecule has 0 saturated heterocycles. The number of rotatable bonds is 14. The van der Waals surface area contributed by atoms with E-state index < -0.39 is 86.2 Å². The fraction of sp³-hybridized carbons (Fsp3) is 0.130. The summed E-state index contributed by atoms with van der Waals surface area (Å²) in [7, 11) is -4.38. The van der Waals surface area contributed by atoms with Crippen molar-refractivity contribution in [3.8, 4) is 38.5 Å². The number of benzene rings is 16. The standard InChI is InChI=1S/C24H25O2S2.C18H11F4S.2C18H13S.C10H10O3.2C9H8O4.C9H8O2S/c25-28(26,23-14-8-3-9-15-23)24-18-16-22(17-19-24)27(20-10-4-1-5-11-20)21-12-6-2-7-13-21;19-12-6-13(20)9-17(8-12)23(16-4-2-1-3-5-16)18-10-14(21)7-15(22)11-18;2*1-2-8-14(9-3-1)19-17-12-6-4-10-15(17)16-11-5-7-13-18(16)19;11-10(12)9-6-5-7-3-1-2-4-8(7)13-9;2*10-9(11)8-5-12-6-3-1-2-4-7(6)13-8;10-9(11)8-5-6-3-1-2-4-7(6)12-8/h1-2,4-7,10-13,16-19,23H,3,8-9,14-15H2;1-11H;2*1-13H;1-4,9H,5-6H2,(H,11,12);2*1-4,8H,5H2,(H,10,11);1-4,8H,5H2,(H,10,11)/q4*+1;;;;/p-4. The number of thiophene rings is 2. The van der Waals surface area contributed by atoms with Gasteiger partial charge in [-0.2, -0.15) is 0 Å². The van der Waals surface area contributed by atoms with Crippen LogP contribution in [0.5, 0.6) is 28.7 Å². The third-order valence-electron chi connectivity index (χ3n) is 23.1. The van der Waals surface area contributed by atoms with Crippen LogP contribution in [0.15, 0.2) is 446 Å². The van der Waals surface area contributed by atoms with Crippen molar-refractivity contribution >= 4 is 129 Å². The Morgan fingerprint density at radius 2 is 0.636 bits per heavy atom. The van der Waals surface area contributed by atoms with Crippen molar-refractivity contribution in [2.75, 3.05) is 13.2 Å². The Morgan fingerprint density at radius 3 is 1.02 bits per heavy atom. The summed E-state index contributed by atoms with van der Waals surface area (Å²) in [5.74, 6) is -4.82. The number of para-hydroxylation sites is 5. The van der Waals surface area contributed by atoms with Gasteiger partial charge in [-0.25, -0.2) is 26.0 Å². The summed E-state index contributed by atoms with van der Waals surface area (Å²) in [5, 5.41) is 46.9. The molecule has 16 aromatic carbocycles. The number of carboxylic acid groups (broad SMARTS) is 4. The van der Waals surface area contributed by atoms with Crippen molar-refractivity contribution in [3.05, 3.63) is 441 Å². The molecule has 4 atom stereocenters. The van der Waals surface area contributed by atoms with Gasteiger partial charge >= 0.3 is 0 Å². The Balaban J connectivity index is 0.000000117. The Morgan fingerprint density at radius 1 is 0.314 bits per heavy atom. The maximum atomic E-state index is 13.6. The number of aryl methyl sites for hydroxylation is 1. The van der Waals surface area contributed by atoms with Crippen LogP contribution in [0.4, 0.5) is 17.6 Å². The van der Waals surface area contributed by atoms with Gasteiger partial charge in [-0.1, -0.05) is 219 Å².